The average Bonchev–Trinajstić information content (AvgIpc) is 2.54. The van der Waals surface area contributed by atoms with Crippen molar-refractivity contribution in [3.05, 3.63) is 46.5 Å². The lowest BCUT2D eigenvalue weighted by atomic mass is 10.1. The standard InChI is InChI=1S/C18H21FN4O2S/c1-10-8-13(19)4-6-15(10)23-17(25)7-5-14-11(2)21-18(22-12(14)3)26-9-16(20)24/h4,6,8H,5,7,9H2,1-3H3,(H2,20,24)(H,23,25). The molecule has 6 nitrogen and oxygen atoms in total. The number of thioether (sulfide) groups is 1. The molecule has 26 heavy (non-hydrogen) atoms. The minimum Gasteiger partial charge on any atom is -0.369 e. The summed E-state index contributed by atoms with van der Waals surface area (Å²) in [5.74, 6) is -0.799. The van der Waals surface area contributed by atoms with E-state index in [9.17, 15) is 14.0 Å². The second-order valence-corrected chi connectivity index (χ2v) is 6.86. The van der Waals surface area contributed by atoms with Gasteiger partial charge in [-0.1, -0.05) is 11.8 Å². The highest BCUT2D eigenvalue weighted by Crippen LogP contribution is 2.20. The Kier molecular flexibility index (Phi) is 6.68. The largest absolute Gasteiger partial charge is 0.369 e. The van der Waals surface area contributed by atoms with Gasteiger partial charge < -0.3 is 11.1 Å². The highest BCUT2D eigenvalue weighted by Gasteiger charge is 2.12. The number of carbonyl (C=O) groups excluding carboxylic acids is 2. The average molecular weight is 376 g/mol. The molecule has 3 N–H and O–H groups in total. The van der Waals surface area contributed by atoms with E-state index in [1.54, 1.807) is 13.0 Å². The van der Waals surface area contributed by atoms with Gasteiger partial charge in [0.1, 0.15) is 5.82 Å². The molecule has 138 valence electrons. The van der Waals surface area contributed by atoms with E-state index in [4.69, 9.17) is 5.73 Å². The van der Waals surface area contributed by atoms with Gasteiger partial charge >= 0.3 is 0 Å². The Bertz CT molecular complexity index is 819. The molecule has 0 saturated heterocycles. The molecule has 0 aliphatic carbocycles. The Morgan fingerprint density at radius 3 is 2.42 bits per heavy atom. The van der Waals surface area contributed by atoms with Crippen molar-refractivity contribution in [1.82, 2.24) is 9.97 Å². The fourth-order valence-corrected chi connectivity index (χ4v) is 3.16. The van der Waals surface area contributed by atoms with E-state index in [0.717, 1.165) is 17.0 Å². The summed E-state index contributed by atoms with van der Waals surface area (Å²) >= 11 is 1.19. The number of amides is 2. The molecule has 0 saturated carbocycles. The fourth-order valence-electron chi connectivity index (χ4n) is 2.49. The first-order valence-corrected chi connectivity index (χ1v) is 9.06. The summed E-state index contributed by atoms with van der Waals surface area (Å²) in [7, 11) is 0. The van der Waals surface area contributed by atoms with E-state index in [-0.39, 0.29) is 23.9 Å². The molecule has 2 rings (SSSR count). The van der Waals surface area contributed by atoms with Crippen LogP contribution in [0.15, 0.2) is 23.4 Å². The molecule has 1 heterocycles. The molecule has 0 atom stereocenters. The summed E-state index contributed by atoms with van der Waals surface area (Å²) in [6.45, 7) is 5.43. The maximum atomic E-state index is 13.1. The Morgan fingerprint density at radius 1 is 1.19 bits per heavy atom. The zero-order chi connectivity index (χ0) is 19.3. The quantitative estimate of drug-likeness (QED) is 0.572. The van der Waals surface area contributed by atoms with Crippen LogP contribution in [-0.2, 0) is 16.0 Å². The molecular weight excluding hydrogens is 355 g/mol. The lowest BCUT2D eigenvalue weighted by Gasteiger charge is -2.11. The maximum absolute atomic E-state index is 13.1. The number of rotatable bonds is 7. The number of nitrogens with zero attached hydrogens (tertiary/aromatic N) is 2. The predicted molar refractivity (Wildman–Crippen MR) is 99.5 cm³/mol. The van der Waals surface area contributed by atoms with Gasteiger partial charge in [-0.3, -0.25) is 9.59 Å². The Labute approximate surface area is 155 Å². The van der Waals surface area contributed by atoms with Crippen molar-refractivity contribution < 1.29 is 14.0 Å². The number of carbonyl (C=O) groups is 2. The van der Waals surface area contributed by atoms with Crippen LogP contribution in [0.4, 0.5) is 10.1 Å². The minimum atomic E-state index is -0.425. The number of benzene rings is 1. The molecule has 0 radical (unpaired) electrons. The van der Waals surface area contributed by atoms with Crippen LogP contribution in [0.5, 0.6) is 0 Å². The van der Waals surface area contributed by atoms with Crippen LogP contribution in [0.1, 0.15) is 28.9 Å². The highest BCUT2D eigenvalue weighted by molar-refractivity contribution is 7.99. The van der Waals surface area contributed by atoms with Gasteiger partial charge in [0.2, 0.25) is 11.8 Å². The zero-order valence-corrected chi connectivity index (χ0v) is 15.7. The molecule has 8 heteroatoms. The number of nitrogens with one attached hydrogen (secondary N) is 1. The number of primary amides is 1. The first-order chi connectivity index (χ1) is 12.3. The normalized spacial score (nSPS) is 10.6. The van der Waals surface area contributed by atoms with Crippen LogP contribution in [-0.4, -0.2) is 27.5 Å². The third-order valence-electron chi connectivity index (χ3n) is 3.81. The van der Waals surface area contributed by atoms with Crippen molar-refractivity contribution in [2.45, 2.75) is 38.8 Å². The van der Waals surface area contributed by atoms with E-state index in [0.29, 0.717) is 22.8 Å². The smallest absolute Gasteiger partial charge is 0.227 e. The van der Waals surface area contributed by atoms with E-state index in [1.807, 2.05) is 13.8 Å². The Morgan fingerprint density at radius 2 is 1.85 bits per heavy atom. The van der Waals surface area contributed by atoms with Crippen LogP contribution in [0.3, 0.4) is 0 Å². The molecule has 0 bridgehead atoms. The molecule has 1 aromatic carbocycles. The van der Waals surface area contributed by atoms with Crippen LogP contribution in [0.2, 0.25) is 0 Å². The van der Waals surface area contributed by atoms with Gasteiger partial charge in [0.05, 0.1) is 5.75 Å². The lowest BCUT2D eigenvalue weighted by Crippen LogP contribution is -2.15. The monoisotopic (exact) mass is 376 g/mol. The predicted octanol–water partition coefficient (Wildman–Crippen LogP) is 2.69. The molecule has 0 spiro atoms. The third-order valence-corrected chi connectivity index (χ3v) is 4.68. The number of hydrogen-bond acceptors (Lipinski definition) is 5. The van der Waals surface area contributed by atoms with Gasteiger partial charge in [0, 0.05) is 23.5 Å². The van der Waals surface area contributed by atoms with Gasteiger partial charge in [-0.15, -0.1) is 0 Å². The van der Waals surface area contributed by atoms with Gasteiger partial charge in [-0.05, 0) is 56.5 Å². The summed E-state index contributed by atoms with van der Waals surface area (Å²) in [4.78, 5) is 31.8. The summed E-state index contributed by atoms with van der Waals surface area (Å²) < 4.78 is 13.1. The minimum absolute atomic E-state index is 0.123. The van der Waals surface area contributed by atoms with E-state index in [2.05, 4.69) is 15.3 Å². The topological polar surface area (TPSA) is 98.0 Å². The summed E-state index contributed by atoms with van der Waals surface area (Å²) in [6, 6.07) is 4.24. The number of aromatic nitrogens is 2. The Hall–Kier alpha value is -2.48. The fraction of sp³-hybridized carbons (Fsp3) is 0.333. The number of halogens is 1. The number of anilines is 1. The number of hydrogen-bond donors (Lipinski definition) is 2. The van der Waals surface area contributed by atoms with Gasteiger partial charge in [0.15, 0.2) is 5.16 Å². The van der Waals surface area contributed by atoms with Crippen LogP contribution in [0, 0.1) is 26.6 Å². The molecule has 0 fully saturated rings. The van der Waals surface area contributed by atoms with Crippen molar-refractivity contribution in [2.24, 2.45) is 5.73 Å². The summed E-state index contributed by atoms with van der Waals surface area (Å²) in [5.41, 5.74) is 8.85. The van der Waals surface area contributed by atoms with Crippen molar-refractivity contribution in [2.75, 3.05) is 11.1 Å². The molecule has 2 amide bonds. The van der Waals surface area contributed by atoms with Crippen LogP contribution >= 0.6 is 11.8 Å². The van der Waals surface area contributed by atoms with Crippen LogP contribution in [0.25, 0.3) is 0 Å². The molecular formula is C18H21FN4O2S. The maximum Gasteiger partial charge on any atom is 0.227 e. The van der Waals surface area contributed by atoms with Gasteiger partial charge in [-0.2, -0.15) is 0 Å². The summed E-state index contributed by atoms with van der Waals surface area (Å²) in [6.07, 6.45) is 0.750. The second-order valence-electron chi connectivity index (χ2n) is 5.92. The highest BCUT2D eigenvalue weighted by atomic mass is 32.2. The molecule has 2 aromatic rings. The SMILES string of the molecule is Cc1cc(F)ccc1NC(=O)CCc1c(C)nc(SCC(N)=O)nc1C. The van der Waals surface area contributed by atoms with E-state index in [1.165, 1.54) is 23.9 Å². The third kappa shape index (κ3) is 5.52. The molecule has 0 aliphatic rings. The molecule has 0 aliphatic heterocycles. The number of nitrogens with two attached hydrogens (primary N) is 1. The van der Waals surface area contributed by atoms with Gasteiger partial charge in [-0.25, -0.2) is 14.4 Å². The van der Waals surface area contributed by atoms with Crippen LogP contribution < -0.4 is 11.1 Å². The van der Waals surface area contributed by atoms with Crippen molar-refractivity contribution in [3.8, 4) is 0 Å². The number of aryl methyl sites for hydroxylation is 3. The summed E-state index contributed by atoms with van der Waals surface area (Å²) in [5, 5.41) is 3.28. The molecule has 0 unspecified atom stereocenters. The van der Waals surface area contributed by atoms with Gasteiger partial charge in [0.25, 0.3) is 0 Å². The van der Waals surface area contributed by atoms with Crippen molar-refractivity contribution in [3.63, 3.8) is 0 Å². The first kappa shape index (κ1) is 19.8. The van der Waals surface area contributed by atoms with Crippen molar-refractivity contribution >= 4 is 29.3 Å². The Balaban J connectivity index is 2.00. The second kappa shape index (κ2) is 8.75. The molecule has 1 aromatic heterocycles. The zero-order valence-electron chi connectivity index (χ0n) is 14.9. The van der Waals surface area contributed by atoms with E-state index >= 15 is 0 Å². The van der Waals surface area contributed by atoms with E-state index < -0.39 is 5.91 Å². The lowest BCUT2D eigenvalue weighted by molar-refractivity contribution is -0.116. The first-order valence-electron chi connectivity index (χ1n) is 8.07. The van der Waals surface area contributed by atoms with Crippen molar-refractivity contribution in [1.29, 1.82) is 0 Å².